The second-order valence-electron chi connectivity index (χ2n) is 10.8. The molecule has 2 aliphatic heterocycles. The molecule has 18 heteroatoms. The first-order valence-electron chi connectivity index (χ1n) is 14.1. The number of rotatable bonds is 11. The Labute approximate surface area is 253 Å². The van der Waals surface area contributed by atoms with E-state index < -0.39 is 110 Å². The van der Waals surface area contributed by atoms with E-state index >= 15 is 4.39 Å². The van der Waals surface area contributed by atoms with Gasteiger partial charge in [0.05, 0.1) is 6.04 Å². The molecule has 14 atom stereocenters. The monoisotopic (exact) mass is 638 g/mol. The van der Waals surface area contributed by atoms with Crippen LogP contribution in [0.5, 0.6) is 0 Å². The van der Waals surface area contributed by atoms with Gasteiger partial charge in [0.1, 0.15) is 43.2 Å². The van der Waals surface area contributed by atoms with E-state index in [4.69, 9.17) is 65.6 Å². The van der Waals surface area contributed by atoms with Gasteiger partial charge >= 0.3 is 23.9 Å². The summed E-state index contributed by atoms with van der Waals surface area (Å²) in [6.07, 6.45) is -14.1. The van der Waals surface area contributed by atoms with Gasteiger partial charge in [-0.1, -0.05) is 0 Å². The van der Waals surface area contributed by atoms with Crippen molar-refractivity contribution in [2.45, 2.75) is 120 Å². The van der Waals surface area contributed by atoms with Crippen molar-refractivity contribution < 1.29 is 66.2 Å². The molecule has 0 aromatic heterocycles. The van der Waals surface area contributed by atoms with Crippen LogP contribution < -0.4 is 22.9 Å². The summed E-state index contributed by atoms with van der Waals surface area (Å²) in [6.45, 7) is 4.12. The van der Waals surface area contributed by atoms with Crippen LogP contribution in [-0.4, -0.2) is 130 Å². The van der Waals surface area contributed by atoms with E-state index in [0.717, 1.165) is 20.8 Å². The molecule has 0 aromatic carbocycles. The Morgan fingerprint density at radius 1 is 0.705 bits per heavy atom. The minimum absolute atomic E-state index is 0.0640. The topological polar surface area (TPSA) is 255 Å². The quantitative estimate of drug-likeness (QED) is 0.132. The van der Waals surface area contributed by atoms with Crippen molar-refractivity contribution in [1.82, 2.24) is 0 Å². The molecule has 8 N–H and O–H groups in total. The largest absolute Gasteiger partial charge is 0.463 e. The van der Waals surface area contributed by atoms with Gasteiger partial charge in [0, 0.05) is 53.4 Å². The standard InChI is InChI=1S/C26H43FN4O13/c1-9(32)37-8-16-22(36-5)24(40-12(4)35)26(42-16)44-23-19(38-10(2)33)13(29)6-14(30)20(23)43-25-18(31)17(27)21(39-11(3)34)15(7-28)41-25/h13-26H,6-8,28-31H2,1-5H3/t13-,14+,15-,16-,17+,18-,19+,20-,21-,22-,23-,24-,25-,26+/m1/s1. The number of alkyl halides is 1. The molecule has 44 heavy (non-hydrogen) atoms. The van der Waals surface area contributed by atoms with Gasteiger partial charge < -0.3 is 65.6 Å². The second-order valence-corrected chi connectivity index (χ2v) is 10.8. The molecule has 3 aliphatic rings. The van der Waals surface area contributed by atoms with E-state index in [1.807, 2.05) is 0 Å². The van der Waals surface area contributed by atoms with Crippen molar-refractivity contribution in [3.05, 3.63) is 0 Å². The Kier molecular flexibility index (Phi) is 12.8. The molecule has 0 amide bonds. The second kappa shape index (κ2) is 15.6. The summed E-state index contributed by atoms with van der Waals surface area (Å²) < 4.78 is 66.2. The predicted molar refractivity (Wildman–Crippen MR) is 144 cm³/mol. The molecule has 0 bridgehead atoms. The molecule has 17 nitrogen and oxygen atoms in total. The highest BCUT2D eigenvalue weighted by atomic mass is 19.1. The van der Waals surface area contributed by atoms with Crippen molar-refractivity contribution in [1.29, 1.82) is 0 Å². The minimum atomic E-state index is -1.94. The first-order chi connectivity index (χ1) is 20.7. The number of hydrogen-bond donors (Lipinski definition) is 4. The first kappa shape index (κ1) is 35.9. The number of hydrogen-bond acceptors (Lipinski definition) is 17. The Bertz CT molecular complexity index is 1020. The Morgan fingerprint density at radius 3 is 1.77 bits per heavy atom. The maximum Gasteiger partial charge on any atom is 0.303 e. The lowest BCUT2D eigenvalue weighted by Gasteiger charge is -2.48. The summed E-state index contributed by atoms with van der Waals surface area (Å²) >= 11 is 0. The summed E-state index contributed by atoms with van der Waals surface area (Å²) in [6, 6.07) is -3.23. The lowest BCUT2D eigenvalue weighted by atomic mass is 9.84. The third-order valence-electron chi connectivity index (χ3n) is 7.42. The van der Waals surface area contributed by atoms with E-state index in [1.165, 1.54) is 14.0 Å². The highest BCUT2D eigenvalue weighted by molar-refractivity contribution is 5.67. The SMILES string of the molecule is CO[C@H]1[C@@H](OC(C)=O)[C@H](O[C@@H]2[C@@H](OC(C)=O)[C@H](N)C[C@H](N)[C@H]2O[C@H]2O[C@H](CN)[C@@H](OC(C)=O)[C@@H](F)[C@H]2N)O[C@@H]1COC(C)=O. The molecular formula is C26H43FN4O13. The molecular weight excluding hydrogens is 595 g/mol. The van der Waals surface area contributed by atoms with E-state index in [9.17, 15) is 19.2 Å². The molecule has 0 spiro atoms. The Balaban J connectivity index is 1.94. The van der Waals surface area contributed by atoms with E-state index in [-0.39, 0.29) is 19.6 Å². The van der Waals surface area contributed by atoms with Crippen LogP contribution >= 0.6 is 0 Å². The van der Waals surface area contributed by atoms with Gasteiger partial charge in [-0.25, -0.2) is 4.39 Å². The van der Waals surface area contributed by atoms with E-state index in [0.29, 0.717) is 0 Å². The molecule has 2 heterocycles. The predicted octanol–water partition coefficient (Wildman–Crippen LogP) is -2.74. The zero-order valence-corrected chi connectivity index (χ0v) is 25.2. The molecule has 1 aliphatic carbocycles. The van der Waals surface area contributed by atoms with Gasteiger partial charge in [-0.3, -0.25) is 19.2 Å². The summed E-state index contributed by atoms with van der Waals surface area (Å²) in [5, 5.41) is 0. The van der Waals surface area contributed by atoms with Crippen molar-refractivity contribution >= 4 is 23.9 Å². The highest BCUT2D eigenvalue weighted by Crippen LogP contribution is 2.35. The number of nitrogens with two attached hydrogens (primary N) is 4. The summed E-state index contributed by atoms with van der Waals surface area (Å²) in [5.74, 6) is -2.75. The van der Waals surface area contributed by atoms with Gasteiger partial charge in [0.15, 0.2) is 31.0 Å². The fourth-order valence-electron chi connectivity index (χ4n) is 5.54. The van der Waals surface area contributed by atoms with E-state index in [2.05, 4.69) is 0 Å². The molecule has 1 saturated carbocycles. The van der Waals surface area contributed by atoms with Crippen LogP contribution in [0.1, 0.15) is 34.1 Å². The third-order valence-corrected chi connectivity index (χ3v) is 7.42. The zero-order valence-electron chi connectivity index (χ0n) is 25.2. The number of ether oxygens (including phenoxy) is 9. The number of esters is 4. The van der Waals surface area contributed by atoms with Crippen LogP contribution in [0.15, 0.2) is 0 Å². The van der Waals surface area contributed by atoms with Gasteiger partial charge in [0.25, 0.3) is 0 Å². The first-order valence-corrected chi connectivity index (χ1v) is 14.1. The Morgan fingerprint density at radius 2 is 1.23 bits per heavy atom. The van der Waals surface area contributed by atoms with Gasteiger partial charge in [0.2, 0.25) is 0 Å². The fourth-order valence-corrected chi connectivity index (χ4v) is 5.54. The van der Waals surface area contributed by atoms with Gasteiger partial charge in [-0.15, -0.1) is 0 Å². The highest BCUT2D eigenvalue weighted by Gasteiger charge is 2.55. The molecule has 0 aromatic rings. The molecule has 2 saturated heterocycles. The summed E-state index contributed by atoms with van der Waals surface area (Å²) in [7, 11) is 1.33. The van der Waals surface area contributed by atoms with Crippen LogP contribution in [0, 0.1) is 0 Å². The van der Waals surface area contributed by atoms with Crippen LogP contribution in [0.2, 0.25) is 0 Å². The molecule has 0 unspecified atom stereocenters. The number of methoxy groups -OCH3 is 1. The maximum atomic E-state index is 15.4. The summed E-state index contributed by atoms with van der Waals surface area (Å²) in [5.41, 5.74) is 24.7. The molecule has 3 fully saturated rings. The maximum absolute atomic E-state index is 15.4. The summed E-state index contributed by atoms with van der Waals surface area (Å²) in [4.78, 5) is 47.1. The van der Waals surface area contributed by atoms with Crippen LogP contribution in [-0.2, 0) is 61.8 Å². The molecule has 0 radical (unpaired) electrons. The fraction of sp³-hybridized carbons (Fsp3) is 0.846. The van der Waals surface area contributed by atoms with Crippen molar-refractivity contribution in [3.63, 3.8) is 0 Å². The number of carbonyl (C=O) groups excluding carboxylic acids is 4. The van der Waals surface area contributed by atoms with Crippen LogP contribution in [0.3, 0.4) is 0 Å². The third kappa shape index (κ3) is 8.58. The average molecular weight is 639 g/mol. The Hall–Kier alpha value is -2.55. The zero-order chi connectivity index (χ0) is 32.9. The van der Waals surface area contributed by atoms with Crippen molar-refractivity contribution in [2.75, 3.05) is 20.3 Å². The number of carbonyl (C=O) groups is 4. The smallest absolute Gasteiger partial charge is 0.303 e. The van der Waals surface area contributed by atoms with E-state index in [1.54, 1.807) is 0 Å². The van der Waals surface area contributed by atoms with Crippen molar-refractivity contribution in [2.24, 2.45) is 22.9 Å². The van der Waals surface area contributed by atoms with Gasteiger partial charge in [-0.05, 0) is 6.42 Å². The molecule has 252 valence electrons. The van der Waals surface area contributed by atoms with Crippen LogP contribution in [0.25, 0.3) is 0 Å². The normalized spacial score (nSPS) is 40.6. The lowest BCUT2D eigenvalue weighted by molar-refractivity contribution is -0.304. The number of halogens is 1. The average Bonchev–Trinajstić information content (AvgIpc) is 3.25. The lowest BCUT2D eigenvalue weighted by Crippen LogP contribution is -2.68. The van der Waals surface area contributed by atoms with Crippen molar-refractivity contribution in [3.8, 4) is 0 Å². The minimum Gasteiger partial charge on any atom is -0.463 e. The van der Waals surface area contributed by atoms with Gasteiger partial charge in [-0.2, -0.15) is 0 Å². The molecule has 3 rings (SSSR count). The van der Waals surface area contributed by atoms with Crippen LogP contribution in [0.4, 0.5) is 4.39 Å².